The van der Waals surface area contributed by atoms with Crippen LogP contribution >= 0.6 is 34.8 Å². The summed E-state index contributed by atoms with van der Waals surface area (Å²) in [7, 11) is 0. The molecule has 0 fully saturated rings. The summed E-state index contributed by atoms with van der Waals surface area (Å²) in [6.07, 6.45) is 1.43. The Balaban J connectivity index is 2.31. The minimum absolute atomic E-state index is 0.113. The number of carboxylic acids is 1. The van der Waals surface area contributed by atoms with Gasteiger partial charge in [0.2, 0.25) is 11.8 Å². The maximum absolute atomic E-state index is 11.3. The average molecular weight is 409 g/mol. The molecule has 0 saturated carbocycles. The second-order valence-corrected chi connectivity index (χ2v) is 6.42. The predicted molar refractivity (Wildman–Crippen MR) is 97.0 cm³/mol. The molecule has 0 radical (unpaired) electrons. The highest BCUT2D eigenvalue weighted by molar-refractivity contribution is 6.36. The Labute approximate surface area is 159 Å². The molecule has 1 aliphatic heterocycles. The molecule has 1 aromatic carbocycles. The van der Waals surface area contributed by atoms with Gasteiger partial charge in [0.15, 0.2) is 0 Å². The highest BCUT2D eigenvalue weighted by Crippen LogP contribution is 2.25. The molecule has 0 aromatic heterocycles. The maximum atomic E-state index is 11.3. The minimum atomic E-state index is -1.94. The largest absolute Gasteiger partial charge is 0.480 e. The van der Waals surface area contributed by atoms with Crippen LogP contribution in [0.1, 0.15) is 12.5 Å². The van der Waals surface area contributed by atoms with Crippen molar-refractivity contribution >= 4 is 52.9 Å². The predicted octanol–water partition coefficient (Wildman–Crippen LogP) is 1.58. The van der Waals surface area contributed by atoms with Crippen LogP contribution in [0, 0.1) is 0 Å². The number of hydrogen-bond donors (Lipinski definition) is 3. The number of rotatable bonds is 5. The van der Waals surface area contributed by atoms with Crippen molar-refractivity contribution < 1.29 is 15.0 Å². The normalized spacial score (nSPS) is 22.9. The number of carboxylic acid groups (broad SMARTS) is 1. The number of carbonyl (C=O) groups is 1. The summed E-state index contributed by atoms with van der Waals surface area (Å²) in [6.45, 7) is 1.27. The van der Waals surface area contributed by atoms with Crippen molar-refractivity contribution in [1.29, 1.82) is 0 Å². The fourth-order valence-electron chi connectivity index (χ4n) is 2.14. The molecule has 0 saturated heterocycles. The molecular formula is C14H16Cl3N5O3. The molecule has 2 rings (SSSR count). The van der Waals surface area contributed by atoms with Crippen LogP contribution in [0.15, 0.2) is 28.3 Å². The van der Waals surface area contributed by atoms with Crippen molar-refractivity contribution in [3.8, 4) is 0 Å². The molecule has 1 heterocycles. The van der Waals surface area contributed by atoms with Gasteiger partial charge in [0, 0.05) is 10.6 Å². The van der Waals surface area contributed by atoms with E-state index in [1.807, 2.05) is 0 Å². The molecule has 4 N–H and O–H groups in total. The van der Waals surface area contributed by atoms with Crippen LogP contribution in [0.2, 0.25) is 10.0 Å². The Morgan fingerprint density at radius 2 is 2.24 bits per heavy atom. The van der Waals surface area contributed by atoms with Crippen molar-refractivity contribution in [3.63, 3.8) is 0 Å². The van der Waals surface area contributed by atoms with Crippen LogP contribution < -0.4 is 5.73 Å². The molecule has 0 bridgehead atoms. The summed E-state index contributed by atoms with van der Waals surface area (Å²) < 4.78 is 0. The van der Waals surface area contributed by atoms with E-state index >= 15 is 0 Å². The third kappa shape index (κ3) is 4.34. The van der Waals surface area contributed by atoms with E-state index in [9.17, 15) is 15.0 Å². The first-order valence-corrected chi connectivity index (χ1v) is 8.37. The summed E-state index contributed by atoms with van der Waals surface area (Å²) in [5.74, 6) is -3.55. The fraction of sp³-hybridized carbons (Fsp3) is 0.357. The third-order valence-electron chi connectivity index (χ3n) is 3.61. The Bertz CT molecular complexity index is 730. The second kappa shape index (κ2) is 7.76. The lowest BCUT2D eigenvalue weighted by Gasteiger charge is -2.43. The number of aliphatic imine (C=N–C) groups is 1. The van der Waals surface area contributed by atoms with Gasteiger partial charge in [-0.05, 0) is 19.1 Å². The van der Waals surface area contributed by atoms with Crippen molar-refractivity contribution in [3.05, 3.63) is 33.8 Å². The maximum Gasteiger partial charge on any atom is 0.320 e. The lowest BCUT2D eigenvalue weighted by atomic mass is 10.2. The standard InChI is InChI=1S/C14H16Cl3N5O3/c1-8(12(23)24)21-7-22(13(18)20-14(21,25)6-15)19-5-9-2-3-10(16)4-11(9)17/h2-5,8,25H,6-7H2,1H3,(H2,18,20)(H,23,24)/b19-5-/t8-,14+/m0/s1. The topological polar surface area (TPSA) is 115 Å². The summed E-state index contributed by atoms with van der Waals surface area (Å²) in [6, 6.07) is 3.80. The van der Waals surface area contributed by atoms with Gasteiger partial charge in [-0.25, -0.2) is 14.9 Å². The smallest absolute Gasteiger partial charge is 0.320 e. The zero-order valence-corrected chi connectivity index (χ0v) is 15.4. The molecule has 136 valence electrons. The number of alkyl halides is 1. The molecule has 0 amide bonds. The SMILES string of the molecule is C[C@@H](C(=O)O)N1CN(/N=C\c2ccc(Cl)cc2Cl)C(N)=N[C@]1(O)CCl. The van der Waals surface area contributed by atoms with E-state index in [4.69, 9.17) is 40.5 Å². The molecule has 0 aliphatic carbocycles. The van der Waals surface area contributed by atoms with E-state index in [0.717, 1.165) is 0 Å². The first-order valence-electron chi connectivity index (χ1n) is 7.07. The van der Waals surface area contributed by atoms with Gasteiger partial charge in [-0.1, -0.05) is 29.3 Å². The van der Waals surface area contributed by atoms with E-state index in [-0.39, 0.29) is 18.5 Å². The molecule has 0 unspecified atom stereocenters. The van der Waals surface area contributed by atoms with Crippen LogP contribution in [-0.4, -0.2) is 62.7 Å². The fourth-order valence-corrected chi connectivity index (χ4v) is 2.81. The number of nitrogens with zero attached hydrogens (tertiary/aromatic N) is 4. The number of halogens is 3. The first-order chi connectivity index (χ1) is 11.7. The molecule has 25 heavy (non-hydrogen) atoms. The second-order valence-electron chi connectivity index (χ2n) is 5.31. The molecule has 2 atom stereocenters. The van der Waals surface area contributed by atoms with E-state index in [2.05, 4.69) is 10.1 Å². The molecule has 8 nitrogen and oxygen atoms in total. The van der Waals surface area contributed by atoms with Gasteiger partial charge in [-0.15, -0.1) is 11.6 Å². The van der Waals surface area contributed by atoms with Crippen molar-refractivity contribution in [2.45, 2.75) is 18.8 Å². The average Bonchev–Trinajstić information content (AvgIpc) is 2.54. The zero-order chi connectivity index (χ0) is 18.8. The van der Waals surface area contributed by atoms with Gasteiger partial charge in [0.05, 0.1) is 17.1 Å². The summed E-state index contributed by atoms with van der Waals surface area (Å²) in [5.41, 5.74) is 6.39. The summed E-state index contributed by atoms with van der Waals surface area (Å²) in [4.78, 5) is 16.3. The molecule has 1 aromatic rings. The Morgan fingerprint density at radius 1 is 1.56 bits per heavy atom. The van der Waals surface area contributed by atoms with Crippen LogP contribution in [0.25, 0.3) is 0 Å². The van der Waals surface area contributed by atoms with Gasteiger partial charge >= 0.3 is 5.97 Å². The van der Waals surface area contributed by atoms with Gasteiger partial charge in [0.1, 0.15) is 12.7 Å². The number of guanidine groups is 1. The molecule has 11 heteroatoms. The van der Waals surface area contributed by atoms with E-state index in [1.54, 1.807) is 18.2 Å². The Hall–Kier alpha value is -1.58. The lowest BCUT2D eigenvalue weighted by molar-refractivity contribution is -0.164. The van der Waals surface area contributed by atoms with E-state index in [0.29, 0.717) is 15.6 Å². The van der Waals surface area contributed by atoms with Gasteiger partial charge in [-0.2, -0.15) is 5.10 Å². The van der Waals surface area contributed by atoms with Gasteiger partial charge < -0.3 is 15.9 Å². The number of aliphatic hydroxyl groups is 1. The van der Waals surface area contributed by atoms with Crippen molar-refractivity contribution in [2.24, 2.45) is 15.8 Å². The highest BCUT2D eigenvalue weighted by atomic mass is 35.5. The van der Waals surface area contributed by atoms with E-state index < -0.39 is 17.9 Å². The van der Waals surface area contributed by atoms with Crippen molar-refractivity contribution in [2.75, 3.05) is 12.5 Å². The van der Waals surface area contributed by atoms with Crippen LogP contribution in [-0.2, 0) is 4.79 Å². The number of nitrogens with two attached hydrogens (primary N) is 1. The number of benzene rings is 1. The minimum Gasteiger partial charge on any atom is -0.480 e. The lowest BCUT2D eigenvalue weighted by Crippen LogP contribution is -2.63. The Kier molecular flexibility index (Phi) is 6.12. The van der Waals surface area contributed by atoms with Crippen LogP contribution in [0.4, 0.5) is 0 Å². The molecule has 1 aliphatic rings. The van der Waals surface area contributed by atoms with E-state index in [1.165, 1.54) is 23.0 Å². The molecule has 0 spiro atoms. The van der Waals surface area contributed by atoms with Gasteiger partial charge in [-0.3, -0.25) is 4.79 Å². The number of aliphatic carboxylic acids is 1. The van der Waals surface area contributed by atoms with Crippen LogP contribution in [0.5, 0.6) is 0 Å². The monoisotopic (exact) mass is 407 g/mol. The number of hydrazone groups is 1. The summed E-state index contributed by atoms with van der Waals surface area (Å²) >= 11 is 17.7. The van der Waals surface area contributed by atoms with Crippen molar-refractivity contribution in [1.82, 2.24) is 9.91 Å². The molecular weight excluding hydrogens is 393 g/mol. The highest BCUT2D eigenvalue weighted by Gasteiger charge is 2.44. The van der Waals surface area contributed by atoms with Crippen LogP contribution in [0.3, 0.4) is 0 Å². The zero-order valence-electron chi connectivity index (χ0n) is 13.1. The Morgan fingerprint density at radius 3 is 2.80 bits per heavy atom. The summed E-state index contributed by atoms with van der Waals surface area (Å²) in [5, 5.41) is 25.9. The third-order valence-corrected chi connectivity index (χ3v) is 4.53. The van der Waals surface area contributed by atoms with Gasteiger partial charge in [0.25, 0.3) is 0 Å². The first kappa shape index (κ1) is 19.7. The quantitative estimate of drug-likeness (QED) is 0.503. The number of hydrogen-bond acceptors (Lipinski definition) is 7.